The first-order valence-corrected chi connectivity index (χ1v) is 12.1. The molecule has 2 aromatic rings. The first-order chi connectivity index (χ1) is 14.1. The maximum atomic E-state index is 6.57. The van der Waals surface area contributed by atoms with Gasteiger partial charge in [0.05, 0.1) is 15.4 Å². The summed E-state index contributed by atoms with van der Waals surface area (Å²) in [6.45, 7) is 0. The van der Waals surface area contributed by atoms with Crippen molar-refractivity contribution in [3.8, 4) is 11.1 Å². The first kappa shape index (κ1) is 23.4. The van der Waals surface area contributed by atoms with E-state index in [-0.39, 0.29) is 27.3 Å². The van der Waals surface area contributed by atoms with Crippen LogP contribution in [0.25, 0.3) is 11.1 Å². The molecule has 5 rings (SSSR count). The second-order valence-electron chi connectivity index (χ2n) is 7.35. The predicted molar refractivity (Wildman–Crippen MR) is 133 cm³/mol. The molecule has 30 heavy (non-hydrogen) atoms. The van der Waals surface area contributed by atoms with Crippen LogP contribution in [0, 0.1) is 11.8 Å². The Kier molecular flexibility index (Phi) is 6.42. The number of halogens is 8. The third-order valence-corrected chi connectivity index (χ3v) is 10.9. The zero-order chi connectivity index (χ0) is 21.9. The van der Waals surface area contributed by atoms with Crippen LogP contribution in [0.1, 0.15) is 0 Å². The molecule has 1 saturated carbocycles. The van der Waals surface area contributed by atoms with Crippen LogP contribution in [-0.2, 0) is 0 Å². The molecule has 0 N–H and O–H groups in total. The lowest BCUT2D eigenvalue weighted by Crippen LogP contribution is -2.45. The molecule has 8 heteroatoms. The molecule has 0 heterocycles. The predicted octanol–water partition coefficient (Wildman–Crippen LogP) is 9.25. The largest absolute Gasteiger partial charge is 0.167 e. The van der Waals surface area contributed by atoms with Gasteiger partial charge in [0.1, 0.15) is 9.75 Å². The summed E-state index contributed by atoms with van der Waals surface area (Å²) in [4.78, 5) is -2.45. The summed E-state index contributed by atoms with van der Waals surface area (Å²) in [5.41, 5.74) is 2.25. The van der Waals surface area contributed by atoms with Gasteiger partial charge in [-0.1, -0.05) is 119 Å². The fourth-order valence-electron chi connectivity index (χ4n) is 4.39. The molecule has 0 saturated heterocycles. The van der Waals surface area contributed by atoms with Crippen molar-refractivity contribution in [3.63, 3.8) is 0 Å². The second kappa shape index (κ2) is 8.23. The number of fused-ring (bicyclic) bond motifs is 5. The highest BCUT2D eigenvalue weighted by molar-refractivity contribution is 6.66. The monoisotopic (exact) mass is 558 g/mol. The summed E-state index contributed by atoms with van der Waals surface area (Å²) in [6, 6.07) is 18.0. The van der Waals surface area contributed by atoms with Crippen LogP contribution in [0.15, 0.2) is 76.8 Å². The van der Waals surface area contributed by atoms with Gasteiger partial charge in [0.15, 0.2) is 4.33 Å². The highest BCUT2D eigenvalue weighted by atomic mass is 35.5. The third kappa shape index (κ3) is 3.10. The van der Waals surface area contributed by atoms with E-state index in [4.69, 9.17) is 92.8 Å². The van der Waals surface area contributed by atoms with Crippen molar-refractivity contribution < 1.29 is 0 Å². The molecule has 3 aliphatic carbocycles. The lowest BCUT2D eigenvalue weighted by molar-refractivity contribution is 0.420. The summed E-state index contributed by atoms with van der Waals surface area (Å²) in [5.74, 6) is -0.470. The van der Waals surface area contributed by atoms with E-state index in [0.29, 0.717) is 0 Å². The van der Waals surface area contributed by atoms with E-state index in [9.17, 15) is 0 Å². The van der Waals surface area contributed by atoms with E-state index >= 15 is 0 Å². The molecule has 2 bridgehead atoms. The quantitative estimate of drug-likeness (QED) is 0.240. The normalized spacial score (nSPS) is 35.3. The summed E-state index contributed by atoms with van der Waals surface area (Å²) >= 11 is 50.5. The van der Waals surface area contributed by atoms with Gasteiger partial charge in [0, 0.05) is 22.4 Å². The number of hydrogen-bond acceptors (Lipinski definition) is 0. The molecule has 5 unspecified atom stereocenters. The lowest BCUT2D eigenvalue weighted by atomic mass is 9.84. The fraction of sp³-hybridized carbons (Fsp3) is 0.273. The zero-order valence-corrected chi connectivity index (χ0v) is 21.2. The third-order valence-electron chi connectivity index (χ3n) is 5.86. The summed E-state index contributed by atoms with van der Waals surface area (Å²) in [6.07, 6.45) is 3.69. The summed E-state index contributed by atoms with van der Waals surface area (Å²) < 4.78 is -1.48. The van der Waals surface area contributed by atoms with E-state index < -0.39 is 14.1 Å². The Balaban J connectivity index is 0.000000151. The van der Waals surface area contributed by atoms with E-state index in [0.717, 1.165) is 16.1 Å². The Morgan fingerprint density at radius 3 is 1.87 bits per heavy atom. The maximum Gasteiger partial charge on any atom is 0.167 e. The van der Waals surface area contributed by atoms with Crippen LogP contribution in [0.4, 0.5) is 0 Å². The highest BCUT2D eigenvalue weighted by Gasteiger charge is 2.83. The van der Waals surface area contributed by atoms with Crippen molar-refractivity contribution in [2.75, 3.05) is 0 Å². The maximum absolute atomic E-state index is 6.57. The number of alkyl halides is 5. The minimum absolute atomic E-state index is 0.205. The van der Waals surface area contributed by atoms with Crippen LogP contribution < -0.4 is 0 Å². The van der Waals surface area contributed by atoms with Gasteiger partial charge in [0.2, 0.25) is 0 Å². The van der Waals surface area contributed by atoms with Crippen LogP contribution in [-0.4, -0.2) is 19.5 Å². The van der Waals surface area contributed by atoms with Crippen molar-refractivity contribution >= 4 is 92.8 Å². The van der Waals surface area contributed by atoms with E-state index in [1.54, 1.807) is 0 Å². The Morgan fingerprint density at radius 1 is 0.667 bits per heavy atom. The van der Waals surface area contributed by atoms with Crippen LogP contribution in [0.3, 0.4) is 0 Å². The second-order valence-corrected chi connectivity index (χ2v) is 11.5. The first-order valence-electron chi connectivity index (χ1n) is 9.02. The summed E-state index contributed by atoms with van der Waals surface area (Å²) in [5, 5.41) is 0.913. The molecule has 1 fully saturated rings. The van der Waals surface area contributed by atoms with E-state index in [1.807, 2.05) is 54.6 Å². The highest BCUT2D eigenvalue weighted by Crippen LogP contribution is 2.78. The molecule has 0 amide bonds. The average Bonchev–Trinajstić information content (AvgIpc) is 3.22. The number of allylic oxidation sites excluding steroid dienone is 4. The van der Waals surface area contributed by atoms with Gasteiger partial charge in [-0.2, -0.15) is 0 Å². The van der Waals surface area contributed by atoms with Crippen LogP contribution in [0.5, 0.6) is 0 Å². The lowest BCUT2D eigenvalue weighted by Gasteiger charge is -2.34. The fourth-order valence-corrected chi connectivity index (χ4v) is 8.15. The summed E-state index contributed by atoms with van der Waals surface area (Å²) in [7, 11) is 0. The SMILES string of the molecule is ClC1=C(Cl)C2(Cl)C3C(Cl)C=CC3C1(Cl)C2(Cl)Cl.Clc1ccccc1-c1ccccc1. The molecular formula is C22H14Cl8. The standard InChI is InChI=1S/C12H9Cl.C10H5Cl7/c13-12-9-5-4-8-11(12)10-6-2-1-3-7-10;11-4-2-1-3-5(4)9(15)7(13)6(12)8(3,14)10(9,16)17/h1-9H;1-5H. The van der Waals surface area contributed by atoms with Crippen LogP contribution >= 0.6 is 92.8 Å². The van der Waals surface area contributed by atoms with Gasteiger partial charge < -0.3 is 0 Å². The van der Waals surface area contributed by atoms with Gasteiger partial charge >= 0.3 is 0 Å². The number of rotatable bonds is 1. The molecule has 5 atom stereocenters. The molecule has 0 nitrogen and oxygen atoms in total. The van der Waals surface area contributed by atoms with Gasteiger partial charge in [-0.25, -0.2) is 0 Å². The zero-order valence-electron chi connectivity index (χ0n) is 15.1. The number of hydrogen-bond donors (Lipinski definition) is 0. The van der Waals surface area contributed by atoms with Gasteiger partial charge in [0.25, 0.3) is 0 Å². The van der Waals surface area contributed by atoms with E-state index in [2.05, 4.69) is 12.1 Å². The molecule has 3 aliphatic rings. The minimum Gasteiger partial charge on any atom is -0.118 e. The van der Waals surface area contributed by atoms with Crippen molar-refractivity contribution in [1.82, 2.24) is 0 Å². The van der Waals surface area contributed by atoms with Crippen molar-refractivity contribution in [2.24, 2.45) is 11.8 Å². The Labute approximate surface area is 215 Å². The molecule has 0 spiro atoms. The topological polar surface area (TPSA) is 0 Å². The number of benzene rings is 2. The van der Waals surface area contributed by atoms with E-state index in [1.165, 1.54) is 0 Å². The van der Waals surface area contributed by atoms with Crippen molar-refractivity contribution in [2.45, 2.75) is 19.5 Å². The van der Waals surface area contributed by atoms with Crippen molar-refractivity contribution in [1.29, 1.82) is 0 Å². The Morgan fingerprint density at radius 2 is 1.23 bits per heavy atom. The average molecular weight is 562 g/mol. The molecule has 0 radical (unpaired) electrons. The molecule has 0 aliphatic heterocycles. The van der Waals surface area contributed by atoms with Gasteiger partial charge in [-0.3, -0.25) is 0 Å². The minimum atomic E-state index is -1.48. The molecule has 0 aromatic heterocycles. The molecule has 158 valence electrons. The van der Waals surface area contributed by atoms with Gasteiger partial charge in [-0.15, -0.1) is 34.8 Å². The molecular weight excluding hydrogens is 548 g/mol. The molecule has 2 aromatic carbocycles. The Hall–Kier alpha value is 0.240. The van der Waals surface area contributed by atoms with Crippen molar-refractivity contribution in [3.05, 3.63) is 81.8 Å². The Bertz CT molecular complexity index is 1030. The van der Waals surface area contributed by atoms with Gasteiger partial charge in [-0.05, 0) is 11.6 Å². The van der Waals surface area contributed by atoms with Crippen LogP contribution in [0.2, 0.25) is 5.02 Å². The smallest absolute Gasteiger partial charge is 0.118 e.